The first kappa shape index (κ1) is 10.9. The summed E-state index contributed by atoms with van der Waals surface area (Å²) >= 11 is 0. The minimum Gasteiger partial charge on any atom is -0.390 e. The number of rotatable bonds is 1. The van der Waals surface area contributed by atoms with Gasteiger partial charge in [-0.1, -0.05) is 6.92 Å². The normalized spacial score (nSPS) is 47.3. The Morgan fingerprint density at radius 1 is 1.15 bits per heavy atom. The van der Waals surface area contributed by atoms with Crippen LogP contribution in [0.15, 0.2) is 0 Å². The van der Waals surface area contributed by atoms with Crippen LogP contribution in [-0.4, -0.2) is 51.6 Å². The standard InChI is InChI=1S/C8H16O5/c1-2-4-6(10)7(11)5(9)3-13-8(4)12/h4-12H,2-3H2,1H3. The Balaban J connectivity index is 2.72. The van der Waals surface area contributed by atoms with Gasteiger partial charge in [-0.15, -0.1) is 0 Å². The molecule has 0 radical (unpaired) electrons. The second-order valence-electron chi connectivity index (χ2n) is 3.34. The van der Waals surface area contributed by atoms with Crippen LogP contribution < -0.4 is 0 Å². The smallest absolute Gasteiger partial charge is 0.160 e. The molecule has 4 N–H and O–H groups in total. The van der Waals surface area contributed by atoms with Crippen molar-refractivity contribution in [3.05, 3.63) is 0 Å². The van der Waals surface area contributed by atoms with Crippen molar-refractivity contribution in [3.8, 4) is 0 Å². The summed E-state index contributed by atoms with van der Waals surface area (Å²) in [6, 6.07) is 0. The van der Waals surface area contributed by atoms with E-state index in [-0.39, 0.29) is 6.61 Å². The van der Waals surface area contributed by atoms with Gasteiger partial charge in [-0.05, 0) is 6.42 Å². The van der Waals surface area contributed by atoms with Gasteiger partial charge in [0.2, 0.25) is 0 Å². The van der Waals surface area contributed by atoms with Crippen molar-refractivity contribution < 1.29 is 25.2 Å². The molecule has 5 atom stereocenters. The molecule has 13 heavy (non-hydrogen) atoms. The predicted molar refractivity (Wildman–Crippen MR) is 43.8 cm³/mol. The van der Waals surface area contributed by atoms with Gasteiger partial charge in [-0.2, -0.15) is 0 Å². The van der Waals surface area contributed by atoms with Gasteiger partial charge in [0.1, 0.15) is 12.2 Å². The lowest BCUT2D eigenvalue weighted by Gasteiger charge is -2.25. The van der Waals surface area contributed by atoms with Crippen LogP contribution in [0.3, 0.4) is 0 Å². The van der Waals surface area contributed by atoms with E-state index in [2.05, 4.69) is 0 Å². The molecule has 5 heteroatoms. The zero-order chi connectivity index (χ0) is 10.0. The van der Waals surface area contributed by atoms with Crippen LogP contribution in [0, 0.1) is 5.92 Å². The molecule has 1 aliphatic rings. The largest absolute Gasteiger partial charge is 0.390 e. The summed E-state index contributed by atoms with van der Waals surface area (Å²) in [6.45, 7) is 1.61. The molecule has 0 aliphatic carbocycles. The summed E-state index contributed by atoms with van der Waals surface area (Å²) < 4.78 is 4.84. The number of aliphatic hydroxyl groups is 4. The molecule has 5 nitrogen and oxygen atoms in total. The van der Waals surface area contributed by atoms with Crippen molar-refractivity contribution in [3.63, 3.8) is 0 Å². The minimum absolute atomic E-state index is 0.157. The maximum absolute atomic E-state index is 9.51. The SMILES string of the molecule is CCC1C(O)OCC(O)C(O)C1O. The fourth-order valence-electron chi connectivity index (χ4n) is 1.51. The van der Waals surface area contributed by atoms with Crippen molar-refractivity contribution in [1.29, 1.82) is 0 Å². The van der Waals surface area contributed by atoms with Gasteiger partial charge in [0.15, 0.2) is 6.29 Å². The lowest BCUT2D eigenvalue weighted by Crippen LogP contribution is -2.42. The summed E-state index contributed by atoms with van der Waals surface area (Å²) in [7, 11) is 0. The van der Waals surface area contributed by atoms with Crippen LogP contribution in [0.2, 0.25) is 0 Å². The van der Waals surface area contributed by atoms with Crippen molar-refractivity contribution in [1.82, 2.24) is 0 Å². The third-order valence-electron chi connectivity index (χ3n) is 2.46. The van der Waals surface area contributed by atoms with E-state index in [1.807, 2.05) is 0 Å². The Morgan fingerprint density at radius 2 is 1.77 bits per heavy atom. The van der Waals surface area contributed by atoms with Crippen molar-refractivity contribution in [2.24, 2.45) is 5.92 Å². The van der Waals surface area contributed by atoms with E-state index in [1.54, 1.807) is 6.92 Å². The molecule has 1 heterocycles. The molecular weight excluding hydrogens is 176 g/mol. The molecular formula is C8H16O5. The number of aliphatic hydroxyl groups excluding tert-OH is 4. The highest BCUT2D eigenvalue weighted by Gasteiger charge is 2.38. The molecule has 0 bridgehead atoms. The first-order valence-corrected chi connectivity index (χ1v) is 4.41. The van der Waals surface area contributed by atoms with Crippen molar-refractivity contribution >= 4 is 0 Å². The first-order valence-electron chi connectivity index (χ1n) is 4.41. The van der Waals surface area contributed by atoms with E-state index < -0.39 is 30.5 Å². The van der Waals surface area contributed by atoms with Gasteiger partial charge in [0, 0.05) is 5.92 Å². The topological polar surface area (TPSA) is 90.2 Å². The molecule has 0 aromatic rings. The van der Waals surface area contributed by atoms with Crippen LogP contribution >= 0.6 is 0 Å². The molecule has 0 amide bonds. The minimum atomic E-state index is -1.25. The maximum atomic E-state index is 9.51. The third-order valence-corrected chi connectivity index (χ3v) is 2.46. The van der Waals surface area contributed by atoms with E-state index in [4.69, 9.17) is 4.74 Å². The Hall–Kier alpha value is -0.200. The first-order chi connectivity index (χ1) is 6.07. The molecule has 0 aromatic heterocycles. The van der Waals surface area contributed by atoms with Crippen LogP contribution in [0.5, 0.6) is 0 Å². The zero-order valence-corrected chi connectivity index (χ0v) is 7.50. The molecule has 1 fully saturated rings. The number of hydrogen-bond acceptors (Lipinski definition) is 5. The molecule has 0 spiro atoms. The van der Waals surface area contributed by atoms with E-state index in [1.165, 1.54) is 0 Å². The predicted octanol–water partition coefficient (Wildman–Crippen LogP) is -1.56. The van der Waals surface area contributed by atoms with Crippen LogP contribution in [0.1, 0.15) is 13.3 Å². The van der Waals surface area contributed by atoms with Gasteiger partial charge in [0.05, 0.1) is 12.7 Å². The summed E-state index contributed by atoms with van der Waals surface area (Å²) in [5, 5.41) is 37.4. The van der Waals surface area contributed by atoms with Gasteiger partial charge in [-0.3, -0.25) is 0 Å². The van der Waals surface area contributed by atoms with Gasteiger partial charge in [0.25, 0.3) is 0 Å². The van der Waals surface area contributed by atoms with E-state index in [9.17, 15) is 20.4 Å². The van der Waals surface area contributed by atoms with Crippen LogP contribution in [-0.2, 0) is 4.74 Å². The Bertz CT molecular complexity index is 163. The summed E-state index contributed by atoms with van der Waals surface area (Å²) in [5.74, 6) is -0.549. The maximum Gasteiger partial charge on any atom is 0.160 e. The highest BCUT2D eigenvalue weighted by Crippen LogP contribution is 2.23. The van der Waals surface area contributed by atoms with Crippen molar-refractivity contribution in [2.75, 3.05) is 6.61 Å². The Kier molecular flexibility index (Phi) is 3.63. The average molecular weight is 192 g/mol. The lowest BCUT2D eigenvalue weighted by atomic mass is 9.93. The van der Waals surface area contributed by atoms with E-state index in [0.717, 1.165) is 0 Å². The molecule has 0 saturated carbocycles. The van der Waals surface area contributed by atoms with Gasteiger partial charge in [-0.25, -0.2) is 0 Å². The number of hydrogen-bond donors (Lipinski definition) is 4. The molecule has 1 saturated heterocycles. The van der Waals surface area contributed by atoms with Crippen molar-refractivity contribution in [2.45, 2.75) is 37.9 Å². The third kappa shape index (κ3) is 2.18. The monoisotopic (exact) mass is 192 g/mol. The molecule has 78 valence electrons. The summed E-state index contributed by atoms with van der Waals surface area (Å²) in [5.41, 5.74) is 0. The second kappa shape index (κ2) is 4.34. The quantitative estimate of drug-likeness (QED) is 0.403. The Morgan fingerprint density at radius 3 is 2.31 bits per heavy atom. The Labute approximate surface area is 76.6 Å². The average Bonchev–Trinajstić information content (AvgIpc) is 2.20. The van der Waals surface area contributed by atoms with Gasteiger partial charge < -0.3 is 25.2 Å². The summed E-state index contributed by atoms with van der Waals surface area (Å²) in [4.78, 5) is 0. The molecule has 0 aromatic carbocycles. The summed E-state index contributed by atoms with van der Waals surface area (Å²) in [6.07, 6.45) is -4.17. The van der Waals surface area contributed by atoms with E-state index >= 15 is 0 Å². The fourth-order valence-corrected chi connectivity index (χ4v) is 1.51. The van der Waals surface area contributed by atoms with Crippen LogP contribution in [0.25, 0.3) is 0 Å². The van der Waals surface area contributed by atoms with E-state index in [0.29, 0.717) is 6.42 Å². The highest BCUT2D eigenvalue weighted by molar-refractivity contribution is 4.84. The second-order valence-corrected chi connectivity index (χ2v) is 3.34. The van der Waals surface area contributed by atoms with Gasteiger partial charge >= 0.3 is 0 Å². The van der Waals surface area contributed by atoms with Crippen LogP contribution in [0.4, 0.5) is 0 Å². The number of ether oxygens (including phenoxy) is 1. The highest BCUT2D eigenvalue weighted by atomic mass is 16.6. The fraction of sp³-hybridized carbons (Fsp3) is 1.00. The zero-order valence-electron chi connectivity index (χ0n) is 7.50. The lowest BCUT2D eigenvalue weighted by molar-refractivity contribution is -0.151. The molecule has 1 rings (SSSR count). The molecule has 1 aliphatic heterocycles. The molecule has 5 unspecified atom stereocenters.